The molecule has 2 amide bonds. The highest BCUT2D eigenvalue weighted by atomic mass is 19.3. The maximum atomic E-state index is 12.0. The summed E-state index contributed by atoms with van der Waals surface area (Å²) in [4.78, 5) is 11.9. The van der Waals surface area contributed by atoms with Gasteiger partial charge in [-0.3, -0.25) is 0 Å². The zero-order valence-corrected chi connectivity index (χ0v) is 11.9. The number of ether oxygens (including phenoxy) is 1. The van der Waals surface area contributed by atoms with Gasteiger partial charge in [0.15, 0.2) is 0 Å². The average Bonchev–Trinajstić information content (AvgIpc) is 2.49. The Labute approximate surface area is 127 Å². The van der Waals surface area contributed by atoms with Gasteiger partial charge in [0.25, 0.3) is 0 Å². The van der Waals surface area contributed by atoms with Crippen molar-refractivity contribution >= 4 is 11.7 Å². The Morgan fingerprint density at radius 2 is 1.68 bits per heavy atom. The predicted octanol–water partition coefficient (Wildman–Crippen LogP) is 4.17. The second-order valence-corrected chi connectivity index (χ2v) is 4.63. The van der Waals surface area contributed by atoms with Gasteiger partial charge in [-0.1, -0.05) is 30.3 Å². The lowest BCUT2D eigenvalue weighted by Gasteiger charge is -2.15. The van der Waals surface area contributed by atoms with Crippen LogP contribution in [0.3, 0.4) is 0 Å². The van der Waals surface area contributed by atoms with E-state index < -0.39 is 6.61 Å². The van der Waals surface area contributed by atoms with E-state index in [0.29, 0.717) is 5.69 Å². The number of rotatable bonds is 5. The summed E-state index contributed by atoms with van der Waals surface area (Å²) in [6.45, 7) is -0.997. The van der Waals surface area contributed by atoms with Crippen molar-refractivity contribution in [2.75, 3.05) is 5.32 Å². The maximum absolute atomic E-state index is 12.0. The molecule has 2 aromatic rings. The zero-order chi connectivity index (χ0) is 15.9. The summed E-state index contributed by atoms with van der Waals surface area (Å²) in [5, 5.41) is 5.42. The number of urea groups is 1. The van der Waals surface area contributed by atoms with E-state index in [-0.39, 0.29) is 17.8 Å². The number of amides is 2. The highest BCUT2D eigenvalue weighted by Crippen LogP contribution is 2.18. The smallest absolute Gasteiger partial charge is 0.387 e. The van der Waals surface area contributed by atoms with Crippen LogP contribution >= 0.6 is 0 Å². The molecule has 116 valence electrons. The lowest BCUT2D eigenvalue weighted by molar-refractivity contribution is -0.0498. The van der Waals surface area contributed by atoms with Crippen LogP contribution < -0.4 is 15.4 Å². The molecular formula is C16H16F2N2O2. The van der Waals surface area contributed by atoms with Gasteiger partial charge in [0, 0.05) is 5.69 Å². The molecule has 4 nitrogen and oxygen atoms in total. The van der Waals surface area contributed by atoms with Crippen molar-refractivity contribution in [3.63, 3.8) is 0 Å². The van der Waals surface area contributed by atoms with E-state index in [1.54, 1.807) is 0 Å². The van der Waals surface area contributed by atoms with Crippen molar-refractivity contribution in [2.45, 2.75) is 19.6 Å². The number of anilines is 1. The van der Waals surface area contributed by atoms with Gasteiger partial charge in [0.1, 0.15) is 5.75 Å². The van der Waals surface area contributed by atoms with Gasteiger partial charge < -0.3 is 15.4 Å². The van der Waals surface area contributed by atoms with Gasteiger partial charge in [0.05, 0.1) is 6.04 Å². The lowest BCUT2D eigenvalue weighted by Crippen LogP contribution is -2.31. The van der Waals surface area contributed by atoms with Crippen molar-refractivity contribution in [3.05, 3.63) is 60.2 Å². The quantitative estimate of drug-likeness (QED) is 0.871. The van der Waals surface area contributed by atoms with Crippen LogP contribution in [-0.2, 0) is 0 Å². The van der Waals surface area contributed by atoms with E-state index in [0.717, 1.165) is 5.56 Å². The standard InChI is InChI=1S/C16H16F2N2O2/c1-11(12-5-3-2-4-6-12)19-16(21)20-13-7-9-14(10-8-13)22-15(17)18/h2-11,15H,1H3,(H2,19,20,21)/t11-/m1/s1. The number of halogens is 2. The van der Waals surface area contributed by atoms with Crippen LogP contribution in [0.1, 0.15) is 18.5 Å². The van der Waals surface area contributed by atoms with Crippen LogP contribution in [0.2, 0.25) is 0 Å². The molecule has 2 N–H and O–H groups in total. The molecule has 0 heterocycles. The number of nitrogens with one attached hydrogen (secondary N) is 2. The SMILES string of the molecule is C[C@@H](NC(=O)Nc1ccc(OC(F)F)cc1)c1ccccc1. The first-order chi connectivity index (χ1) is 10.5. The van der Waals surface area contributed by atoms with E-state index >= 15 is 0 Å². The minimum absolute atomic E-state index is 0.0404. The van der Waals surface area contributed by atoms with Gasteiger partial charge in [0.2, 0.25) is 0 Å². The van der Waals surface area contributed by atoms with Crippen LogP contribution in [-0.4, -0.2) is 12.6 Å². The summed E-state index contributed by atoms with van der Waals surface area (Å²) in [6.07, 6.45) is 0. The van der Waals surface area contributed by atoms with Gasteiger partial charge in [-0.25, -0.2) is 4.79 Å². The van der Waals surface area contributed by atoms with E-state index in [1.165, 1.54) is 24.3 Å². The summed E-state index contributed by atoms with van der Waals surface area (Å²) in [5.41, 5.74) is 1.47. The van der Waals surface area contributed by atoms with Crippen molar-refractivity contribution < 1.29 is 18.3 Å². The molecular weight excluding hydrogens is 290 g/mol. The van der Waals surface area contributed by atoms with E-state index in [4.69, 9.17) is 0 Å². The largest absolute Gasteiger partial charge is 0.435 e. The number of carbonyl (C=O) groups is 1. The Kier molecular flexibility index (Phi) is 5.30. The normalized spacial score (nSPS) is 11.8. The van der Waals surface area contributed by atoms with Gasteiger partial charge >= 0.3 is 12.6 Å². The molecule has 22 heavy (non-hydrogen) atoms. The molecule has 1 atom stereocenters. The summed E-state index contributed by atoms with van der Waals surface area (Å²) in [5.74, 6) is 0.0404. The number of hydrogen-bond donors (Lipinski definition) is 2. The fourth-order valence-electron chi connectivity index (χ4n) is 1.91. The third kappa shape index (κ3) is 4.73. The Balaban J connectivity index is 1.89. The highest BCUT2D eigenvalue weighted by Gasteiger charge is 2.09. The third-order valence-electron chi connectivity index (χ3n) is 2.98. The molecule has 6 heteroatoms. The number of alkyl halides is 2. The summed E-state index contributed by atoms with van der Waals surface area (Å²) in [6, 6.07) is 14.7. The molecule has 0 radical (unpaired) electrons. The molecule has 0 aromatic heterocycles. The molecule has 0 unspecified atom stereocenters. The Morgan fingerprint density at radius 1 is 1.05 bits per heavy atom. The summed E-state index contributed by atoms with van der Waals surface area (Å²) < 4.78 is 28.3. The summed E-state index contributed by atoms with van der Waals surface area (Å²) in [7, 11) is 0. The highest BCUT2D eigenvalue weighted by molar-refractivity contribution is 5.89. The van der Waals surface area contributed by atoms with Crippen molar-refractivity contribution in [3.8, 4) is 5.75 Å². The third-order valence-corrected chi connectivity index (χ3v) is 2.98. The van der Waals surface area contributed by atoms with Crippen LogP contribution in [0.25, 0.3) is 0 Å². The molecule has 0 fully saturated rings. The van der Waals surface area contributed by atoms with Gasteiger partial charge in [-0.2, -0.15) is 8.78 Å². The molecule has 0 aliphatic heterocycles. The molecule has 2 rings (SSSR count). The molecule has 2 aromatic carbocycles. The topological polar surface area (TPSA) is 50.4 Å². The average molecular weight is 306 g/mol. The Bertz CT molecular complexity index is 603. The van der Waals surface area contributed by atoms with Crippen LogP contribution in [0.5, 0.6) is 5.75 Å². The van der Waals surface area contributed by atoms with E-state index in [1.807, 2.05) is 37.3 Å². The van der Waals surface area contributed by atoms with Crippen LogP contribution in [0, 0.1) is 0 Å². The molecule has 0 bridgehead atoms. The molecule has 0 aliphatic carbocycles. The molecule has 0 aliphatic rings. The zero-order valence-electron chi connectivity index (χ0n) is 11.9. The van der Waals surface area contributed by atoms with Crippen molar-refractivity contribution in [1.29, 1.82) is 0 Å². The molecule has 0 saturated heterocycles. The maximum Gasteiger partial charge on any atom is 0.387 e. The number of carbonyl (C=O) groups excluding carboxylic acids is 1. The fourth-order valence-corrected chi connectivity index (χ4v) is 1.91. The van der Waals surface area contributed by atoms with Crippen molar-refractivity contribution in [1.82, 2.24) is 5.32 Å². The molecule has 0 spiro atoms. The van der Waals surface area contributed by atoms with E-state index in [2.05, 4.69) is 15.4 Å². The monoisotopic (exact) mass is 306 g/mol. The predicted molar refractivity (Wildman–Crippen MR) is 80.1 cm³/mol. The first-order valence-electron chi connectivity index (χ1n) is 6.72. The van der Waals surface area contributed by atoms with Crippen LogP contribution in [0.15, 0.2) is 54.6 Å². The van der Waals surface area contributed by atoms with Crippen LogP contribution in [0.4, 0.5) is 19.3 Å². The lowest BCUT2D eigenvalue weighted by atomic mass is 10.1. The fraction of sp³-hybridized carbons (Fsp3) is 0.188. The number of benzene rings is 2. The Hall–Kier alpha value is -2.63. The Morgan fingerprint density at radius 3 is 2.27 bits per heavy atom. The first kappa shape index (κ1) is 15.8. The minimum Gasteiger partial charge on any atom is -0.435 e. The molecule has 0 saturated carbocycles. The minimum atomic E-state index is -2.87. The first-order valence-corrected chi connectivity index (χ1v) is 6.72. The van der Waals surface area contributed by atoms with Crippen molar-refractivity contribution in [2.24, 2.45) is 0 Å². The second-order valence-electron chi connectivity index (χ2n) is 4.63. The van der Waals surface area contributed by atoms with Gasteiger partial charge in [-0.05, 0) is 36.8 Å². The second kappa shape index (κ2) is 7.40. The number of hydrogen-bond acceptors (Lipinski definition) is 2. The van der Waals surface area contributed by atoms with E-state index in [9.17, 15) is 13.6 Å². The van der Waals surface area contributed by atoms with Gasteiger partial charge in [-0.15, -0.1) is 0 Å². The summed E-state index contributed by atoms with van der Waals surface area (Å²) >= 11 is 0.